The van der Waals surface area contributed by atoms with Crippen molar-refractivity contribution in [3.05, 3.63) is 18.2 Å². The lowest BCUT2D eigenvalue weighted by Gasteiger charge is -2.28. The summed E-state index contributed by atoms with van der Waals surface area (Å²) in [5, 5.41) is 24.1. The van der Waals surface area contributed by atoms with Gasteiger partial charge in [-0.25, -0.2) is 9.78 Å². The lowest BCUT2D eigenvalue weighted by atomic mass is 9.97. The van der Waals surface area contributed by atoms with E-state index >= 15 is 0 Å². The number of hydrogen-bond acceptors (Lipinski definition) is 10. The van der Waals surface area contributed by atoms with Crippen LogP contribution < -0.4 is 43.4 Å². The number of aliphatic carboxylic acids is 1. The Morgan fingerprint density at radius 1 is 0.771 bits per heavy atom. The highest BCUT2D eigenvalue weighted by atomic mass is 16.4. The average Bonchev–Trinajstić information content (AvgIpc) is 3.53. The zero-order valence-corrected chi connectivity index (χ0v) is 27.9. The normalized spacial score (nSPS) is 15.3. The van der Waals surface area contributed by atoms with Crippen LogP contribution in [0.2, 0.25) is 0 Å². The molecule has 12 N–H and O–H groups in total. The number of aromatic amines is 1. The number of nitrogens with one attached hydrogen (secondary N) is 7. The summed E-state index contributed by atoms with van der Waals surface area (Å²) in [7, 11) is 0. The van der Waals surface area contributed by atoms with Gasteiger partial charge in [0, 0.05) is 18.3 Å². The molecule has 268 valence electrons. The van der Waals surface area contributed by atoms with Crippen molar-refractivity contribution in [2.75, 3.05) is 6.54 Å². The number of nitrogens with zero attached hydrogens (tertiary/aromatic N) is 1. The lowest BCUT2D eigenvalue weighted by molar-refractivity contribution is -0.144. The van der Waals surface area contributed by atoms with E-state index < -0.39 is 102 Å². The molecule has 7 amide bonds. The smallest absolute Gasteiger partial charge is 0.326 e. The van der Waals surface area contributed by atoms with Crippen LogP contribution in [-0.2, 0) is 44.8 Å². The minimum Gasteiger partial charge on any atom is -0.480 e. The number of nitrogens with two attached hydrogens (primary N) is 2. The Morgan fingerprint density at radius 3 is 1.79 bits per heavy atom. The molecular formula is C29H48N10O9. The fourth-order valence-electron chi connectivity index (χ4n) is 4.29. The van der Waals surface area contributed by atoms with Crippen molar-refractivity contribution in [2.45, 2.75) is 97.1 Å². The van der Waals surface area contributed by atoms with Gasteiger partial charge in [0.1, 0.15) is 36.3 Å². The zero-order chi connectivity index (χ0) is 36.7. The van der Waals surface area contributed by atoms with Gasteiger partial charge in [-0.2, -0.15) is 0 Å². The molecule has 7 atom stereocenters. The van der Waals surface area contributed by atoms with E-state index in [9.17, 15) is 43.5 Å². The number of aromatic nitrogens is 2. The molecule has 0 radical (unpaired) electrons. The lowest BCUT2D eigenvalue weighted by Crippen LogP contribution is -2.60. The van der Waals surface area contributed by atoms with Crippen LogP contribution in [0.15, 0.2) is 12.5 Å². The van der Waals surface area contributed by atoms with Crippen LogP contribution in [-0.4, -0.2) is 105 Å². The van der Waals surface area contributed by atoms with Crippen molar-refractivity contribution in [1.82, 2.24) is 41.9 Å². The number of H-pyrrole nitrogens is 1. The van der Waals surface area contributed by atoms with E-state index in [1.807, 2.05) is 0 Å². The summed E-state index contributed by atoms with van der Waals surface area (Å²) in [6.45, 7) is 8.98. The monoisotopic (exact) mass is 680 g/mol. The predicted octanol–water partition coefficient (Wildman–Crippen LogP) is -3.48. The standard InChI is InChI=1S/C29H48N10O9/c1-7-14(4)23(29(47)48)39-28(46)22(13(2)3)38-27(45)18(8-17-11-32-12-33-17)36-25(43)16(6)35-26(44)19(9-20(31)40)37-24(42)15(5)34-21(41)10-30/h11-16,18-19,22-23H,7-10,30H2,1-6H3,(H2,31,40)(H,32,33)(H,34,41)(H,35,44)(H,36,43)(H,37,42)(H,38,45)(H,39,46)(H,47,48)/t14-,15-,16-,18-,19-,22-,23-/m0/s1. The molecule has 48 heavy (non-hydrogen) atoms. The van der Waals surface area contributed by atoms with Crippen LogP contribution >= 0.6 is 0 Å². The van der Waals surface area contributed by atoms with Gasteiger partial charge in [0.25, 0.3) is 0 Å². The summed E-state index contributed by atoms with van der Waals surface area (Å²) in [5.41, 5.74) is 10.9. The molecule has 1 aromatic rings. The third-order valence-corrected chi connectivity index (χ3v) is 7.38. The van der Waals surface area contributed by atoms with Gasteiger partial charge in [-0.1, -0.05) is 34.1 Å². The highest BCUT2D eigenvalue weighted by Crippen LogP contribution is 2.11. The van der Waals surface area contributed by atoms with Gasteiger partial charge in [0.2, 0.25) is 41.4 Å². The molecule has 0 aliphatic carbocycles. The van der Waals surface area contributed by atoms with Crippen molar-refractivity contribution in [3.8, 4) is 0 Å². The van der Waals surface area contributed by atoms with Crippen LogP contribution in [0.3, 0.4) is 0 Å². The SMILES string of the molecule is CC[C@H](C)[C@H](NC(=O)[C@@H](NC(=O)[C@H](Cc1cnc[nH]1)NC(=O)[C@H](C)NC(=O)[C@H](CC(N)=O)NC(=O)[C@H](C)NC(=O)CN)C(C)C)C(=O)O. The summed E-state index contributed by atoms with van der Waals surface area (Å²) < 4.78 is 0. The summed E-state index contributed by atoms with van der Waals surface area (Å²) in [4.78, 5) is 107. The Labute approximate surface area is 277 Å². The van der Waals surface area contributed by atoms with Crippen molar-refractivity contribution in [3.63, 3.8) is 0 Å². The van der Waals surface area contributed by atoms with E-state index in [2.05, 4.69) is 41.9 Å². The largest absolute Gasteiger partial charge is 0.480 e. The van der Waals surface area contributed by atoms with Crippen LogP contribution in [0.4, 0.5) is 0 Å². The second-order valence-corrected chi connectivity index (χ2v) is 11.7. The molecule has 1 heterocycles. The zero-order valence-electron chi connectivity index (χ0n) is 27.9. The molecule has 0 fully saturated rings. The fourth-order valence-corrected chi connectivity index (χ4v) is 4.29. The number of carbonyl (C=O) groups excluding carboxylic acids is 7. The molecule has 0 saturated carbocycles. The van der Waals surface area contributed by atoms with Crippen molar-refractivity contribution >= 4 is 47.3 Å². The molecule has 1 rings (SSSR count). The van der Waals surface area contributed by atoms with Crippen molar-refractivity contribution < 1.29 is 43.5 Å². The first-order valence-electron chi connectivity index (χ1n) is 15.4. The van der Waals surface area contributed by atoms with E-state index in [-0.39, 0.29) is 13.0 Å². The third kappa shape index (κ3) is 13.3. The van der Waals surface area contributed by atoms with Crippen LogP contribution in [0, 0.1) is 11.8 Å². The number of hydrogen-bond donors (Lipinski definition) is 10. The quantitative estimate of drug-likeness (QED) is 0.0645. The predicted molar refractivity (Wildman–Crippen MR) is 170 cm³/mol. The average molecular weight is 681 g/mol. The van der Waals surface area contributed by atoms with Gasteiger partial charge in [-0.3, -0.25) is 33.6 Å². The number of carbonyl (C=O) groups is 8. The van der Waals surface area contributed by atoms with E-state index in [1.54, 1.807) is 27.7 Å². The van der Waals surface area contributed by atoms with E-state index in [0.717, 1.165) is 0 Å². The second kappa shape index (κ2) is 19.6. The second-order valence-electron chi connectivity index (χ2n) is 11.7. The molecule has 0 bridgehead atoms. The summed E-state index contributed by atoms with van der Waals surface area (Å²) in [6.07, 6.45) is 2.51. The topological polar surface area (TPSA) is 310 Å². The fraction of sp³-hybridized carbons (Fsp3) is 0.621. The van der Waals surface area contributed by atoms with E-state index in [1.165, 1.54) is 26.4 Å². The molecule has 0 saturated heterocycles. The van der Waals surface area contributed by atoms with Gasteiger partial charge in [-0.05, 0) is 25.7 Å². The van der Waals surface area contributed by atoms with Gasteiger partial charge >= 0.3 is 5.97 Å². The summed E-state index contributed by atoms with van der Waals surface area (Å²) in [6, 6.07) is -7.61. The van der Waals surface area contributed by atoms with E-state index in [0.29, 0.717) is 12.1 Å². The number of rotatable bonds is 20. The highest BCUT2D eigenvalue weighted by Gasteiger charge is 2.34. The maximum Gasteiger partial charge on any atom is 0.326 e. The van der Waals surface area contributed by atoms with Crippen molar-refractivity contribution in [2.24, 2.45) is 23.3 Å². The molecular weight excluding hydrogens is 632 g/mol. The van der Waals surface area contributed by atoms with Crippen molar-refractivity contribution in [1.29, 1.82) is 0 Å². The molecule has 0 aromatic carbocycles. The molecule has 19 heteroatoms. The molecule has 0 aliphatic heterocycles. The van der Waals surface area contributed by atoms with Gasteiger partial charge < -0.3 is 53.5 Å². The molecule has 0 aliphatic rings. The minimum atomic E-state index is -1.51. The third-order valence-electron chi connectivity index (χ3n) is 7.38. The minimum absolute atomic E-state index is 0.109. The number of imidazole rings is 1. The number of amides is 7. The summed E-state index contributed by atoms with van der Waals surface area (Å²) >= 11 is 0. The molecule has 1 aromatic heterocycles. The maximum atomic E-state index is 13.5. The Kier molecular flexibility index (Phi) is 16.7. The van der Waals surface area contributed by atoms with Crippen LogP contribution in [0.5, 0.6) is 0 Å². The molecule has 0 spiro atoms. The number of carboxylic acid groups (broad SMARTS) is 1. The Bertz CT molecular complexity index is 1300. The Balaban J connectivity index is 3.12. The van der Waals surface area contributed by atoms with Gasteiger partial charge in [-0.15, -0.1) is 0 Å². The number of primary amides is 1. The first-order valence-corrected chi connectivity index (χ1v) is 15.4. The van der Waals surface area contributed by atoms with Crippen LogP contribution in [0.25, 0.3) is 0 Å². The summed E-state index contributed by atoms with van der Waals surface area (Å²) in [5.74, 6) is -7.81. The van der Waals surface area contributed by atoms with Gasteiger partial charge in [0.05, 0.1) is 19.3 Å². The highest BCUT2D eigenvalue weighted by molar-refractivity contribution is 5.98. The first-order chi connectivity index (χ1) is 22.4. The van der Waals surface area contributed by atoms with Gasteiger partial charge in [0.15, 0.2) is 0 Å². The number of carboxylic acids is 1. The Morgan fingerprint density at radius 2 is 1.31 bits per heavy atom. The molecule has 0 unspecified atom stereocenters. The van der Waals surface area contributed by atoms with E-state index in [4.69, 9.17) is 11.5 Å². The molecule has 19 nitrogen and oxygen atoms in total. The maximum absolute atomic E-state index is 13.5. The first kappa shape index (κ1) is 41.0. The van der Waals surface area contributed by atoms with Crippen LogP contribution in [0.1, 0.15) is 60.1 Å². The Hall–Kier alpha value is -5.07.